The van der Waals surface area contributed by atoms with E-state index in [1.165, 1.54) is 44.9 Å². The summed E-state index contributed by atoms with van der Waals surface area (Å²) >= 11 is 7.85. The minimum absolute atomic E-state index is 0.190. The van der Waals surface area contributed by atoms with E-state index in [-0.39, 0.29) is 11.3 Å². The van der Waals surface area contributed by atoms with Crippen molar-refractivity contribution in [3.63, 3.8) is 0 Å². The molecule has 0 aromatic heterocycles. The van der Waals surface area contributed by atoms with Crippen LogP contribution in [0.25, 0.3) is 0 Å². The van der Waals surface area contributed by atoms with Gasteiger partial charge in [-0.2, -0.15) is 0 Å². The van der Waals surface area contributed by atoms with Gasteiger partial charge in [0.25, 0.3) is 10.4 Å². The van der Waals surface area contributed by atoms with Gasteiger partial charge in [0.05, 0.1) is 0 Å². The maximum atomic E-state index is 9.09. The second-order valence-electron chi connectivity index (χ2n) is 4.72. The van der Waals surface area contributed by atoms with Gasteiger partial charge in [0.1, 0.15) is 6.10 Å². The number of thiocarbonyl (C=S) groups is 1. The topological polar surface area (TPSA) is 78.3 Å². The number of carbonyl (C=O) groups excluding carboxylic acids is 1. The zero-order valence-electron chi connectivity index (χ0n) is 12.8. The van der Waals surface area contributed by atoms with Crippen LogP contribution in [0.5, 0.6) is 0 Å². The summed E-state index contributed by atoms with van der Waals surface area (Å²) in [6.07, 6.45) is 11.7. The molecule has 6 heteroatoms. The van der Waals surface area contributed by atoms with Crippen molar-refractivity contribution in [2.45, 2.75) is 77.7 Å². The second-order valence-corrected chi connectivity index (χ2v) is 5.56. The molecule has 4 N–H and O–H groups in total. The highest BCUT2D eigenvalue weighted by Crippen LogP contribution is 2.12. The lowest BCUT2D eigenvalue weighted by Crippen LogP contribution is -2.21. The fraction of sp³-hybridized carbons (Fsp3) is 0.857. The molecule has 0 aromatic rings. The van der Waals surface area contributed by atoms with E-state index in [1.54, 1.807) is 0 Å². The van der Waals surface area contributed by atoms with E-state index >= 15 is 0 Å². The summed E-state index contributed by atoms with van der Waals surface area (Å²) in [5, 5.41) is -0.449. The number of unbranched alkanes of at least 4 members (excludes halogenated alkanes) is 6. The van der Waals surface area contributed by atoms with Crippen LogP contribution in [0, 0.1) is 0 Å². The van der Waals surface area contributed by atoms with E-state index in [4.69, 9.17) is 27.5 Å². The quantitative estimate of drug-likeness (QED) is 0.320. The van der Waals surface area contributed by atoms with Crippen LogP contribution in [0.4, 0.5) is 4.79 Å². The van der Waals surface area contributed by atoms with Gasteiger partial charge in [0.2, 0.25) is 0 Å². The Balaban J connectivity index is 0. The van der Waals surface area contributed by atoms with Crippen molar-refractivity contribution in [1.29, 1.82) is 0 Å². The Morgan fingerprint density at radius 3 is 1.95 bits per heavy atom. The number of ether oxygens (including phenoxy) is 1. The SMILES string of the molecule is CCCCCCCCCC(CC)OC(N)=S.NC(=O)S. The molecule has 0 fully saturated rings. The summed E-state index contributed by atoms with van der Waals surface area (Å²) in [5.41, 5.74) is 9.70. The second kappa shape index (κ2) is 16.6. The molecule has 1 amide bonds. The highest BCUT2D eigenvalue weighted by Gasteiger charge is 2.07. The molecular weight excluding hydrogens is 292 g/mol. The van der Waals surface area contributed by atoms with E-state index in [1.807, 2.05) is 0 Å². The van der Waals surface area contributed by atoms with Crippen molar-refractivity contribution in [2.24, 2.45) is 11.5 Å². The third-order valence-corrected chi connectivity index (χ3v) is 2.96. The highest BCUT2D eigenvalue weighted by atomic mass is 32.1. The number of primary amides is 1. The minimum Gasteiger partial charge on any atom is -0.468 e. The molecule has 0 saturated carbocycles. The number of rotatable bonds is 10. The molecular formula is C14H30N2O2S2. The first-order valence-electron chi connectivity index (χ1n) is 7.38. The molecule has 0 aromatic carbocycles. The van der Waals surface area contributed by atoms with E-state index < -0.39 is 5.24 Å². The van der Waals surface area contributed by atoms with Gasteiger partial charge in [-0.15, -0.1) is 0 Å². The summed E-state index contributed by atoms with van der Waals surface area (Å²) in [4.78, 5) is 9.09. The van der Waals surface area contributed by atoms with Gasteiger partial charge in [0, 0.05) is 0 Å². The third-order valence-electron chi connectivity index (χ3n) is 2.87. The molecule has 4 nitrogen and oxygen atoms in total. The van der Waals surface area contributed by atoms with Crippen LogP contribution in [0.1, 0.15) is 71.6 Å². The minimum atomic E-state index is -0.639. The first kappa shape index (κ1) is 21.8. The van der Waals surface area contributed by atoms with Gasteiger partial charge in [-0.25, -0.2) is 0 Å². The zero-order valence-corrected chi connectivity index (χ0v) is 14.5. The van der Waals surface area contributed by atoms with E-state index in [0.29, 0.717) is 0 Å². The first-order chi connectivity index (χ1) is 9.43. The van der Waals surface area contributed by atoms with Crippen molar-refractivity contribution in [3.05, 3.63) is 0 Å². The van der Waals surface area contributed by atoms with Gasteiger partial charge >= 0.3 is 0 Å². The number of thiol groups is 1. The average molecular weight is 323 g/mol. The Kier molecular flexibility index (Phi) is 18.1. The van der Waals surface area contributed by atoms with E-state index in [9.17, 15) is 0 Å². The summed E-state index contributed by atoms with van der Waals surface area (Å²) in [6, 6.07) is 0. The molecule has 0 saturated heterocycles. The fourth-order valence-electron chi connectivity index (χ4n) is 1.84. The van der Waals surface area contributed by atoms with Crippen LogP contribution in [0.15, 0.2) is 0 Å². The molecule has 0 aliphatic carbocycles. The summed E-state index contributed by atoms with van der Waals surface area (Å²) in [7, 11) is 0. The van der Waals surface area contributed by atoms with Gasteiger partial charge < -0.3 is 16.2 Å². The fourth-order valence-corrected chi connectivity index (χ4v) is 1.98. The molecule has 0 spiro atoms. The number of hydrogen-bond acceptors (Lipinski definition) is 3. The predicted octanol–water partition coefficient (Wildman–Crippen LogP) is 4.16. The van der Waals surface area contributed by atoms with Crippen molar-refractivity contribution in [2.75, 3.05) is 0 Å². The first-order valence-corrected chi connectivity index (χ1v) is 8.24. The summed E-state index contributed by atoms with van der Waals surface area (Å²) < 4.78 is 5.35. The normalized spacial score (nSPS) is 11.2. The Labute approximate surface area is 134 Å². The predicted molar refractivity (Wildman–Crippen MR) is 93.1 cm³/mol. The van der Waals surface area contributed by atoms with Crippen LogP contribution in [-0.2, 0) is 4.74 Å². The highest BCUT2D eigenvalue weighted by molar-refractivity contribution is 7.96. The van der Waals surface area contributed by atoms with Crippen molar-refractivity contribution >= 4 is 35.3 Å². The third kappa shape index (κ3) is 22.7. The van der Waals surface area contributed by atoms with Gasteiger partial charge in [0.15, 0.2) is 0 Å². The molecule has 20 heavy (non-hydrogen) atoms. The smallest absolute Gasteiger partial charge is 0.273 e. The Hall–Kier alpha value is -0.490. The van der Waals surface area contributed by atoms with Crippen molar-refractivity contribution in [1.82, 2.24) is 0 Å². The molecule has 0 aliphatic heterocycles. The number of carbonyl (C=O) groups is 1. The van der Waals surface area contributed by atoms with E-state index in [0.717, 1.165) is 12.8 Å². The monoisotopic (exact) mass is 322 g/mol. The Bertz CT molecular complexity index is 247. The molecule has 0 radical (unpaired) electrons. The number of nitrogens with two attached hydrogens (primary N) is 2. The molecule has 0 aliphatic rings. The Morgan fingerprint density at radius 2 is 1.55 bits per heavy atom. The van der Waals surface area contributed by atoms with Crippen LogP contribution < -0.4 is 11.5 Å². The lowest BCUT2D eigenvalue weighted by atomic mass is 10.1. The molecule has 0 heterocycles. The van der Waals surface area contributed by atoms with Gasteiger partial charge in [-0.1, -0.05) is 65.0 Å². The standard InChI is InChI=1S/C13H27NOS.CH3NOS/c1-3-5-6-7-8-9-10-11-12(4-2)15-13(14)16;2-1(3)4/h12H,3-11H2,1-2H3,(H2,14,16);(H3,2,3,4). The number of amides is 1. The molecule has 0 rings (SSSR count). The number of hydrogen-bond donors (Lipinski definition) is 3. The van der Waals surface area contributed by atoms with Gasteiger partial charge in [-0.3, -0.25) is 4.79 Å². The average Bonchev–Trinajstić information content (AvgIpc) is 2.35. The van der Waals surface area contributed by atoms with Crippen LogP contribution in [0.2, 0.25) is 0 Å². The maximum Gasteiger partial charge on any atom is 0.273 e. The lowest BCUT2D eigenvalue weighted by Gasteiger charge is -2.15. The van der Waals surface area contributed by atoms with Crippen LogP contribution >= 0.6 is 24.8 Å². The zero-order chi connectivity index (χ0) is 15.8. The van der Waals surface area contributed by atoms with E-state index in [2.05, 4.69) is 32.2 Å². The molecule has 120 valence electrons. The lowest BCUT2D eigenvalue weighted by molar-refractivity contribution is 0.172. The van der Waals surface area contributed by atoms with Gasteiger partial charge in [-0.05, 0) is 31.5 Å². The van der Waals surface area contributed by atoms with Crippen LogP contribution in [-0.4, -0.2) is 16.5 Å². The van der Waals surface area contributed by atoms with Crippen LogP contribution in [0.3, 0.4) is 0 Å². The summed E-state index contributed by atoms with van der Waals surface area (Å²) in [6.45, 7) is 4.36. The summed E-state index contributed by atoms with van der Waals surface area (Å²) in [5.74, 6) is 0. The van der Waals surface area contributed by atoms with Crippen molar-refractivity contribution in [3.8, 4) is 0 Å². The van der Waals surface area contributed by atoms with Crippen molar-refractivity contribution < 1.29 is 9.53 Å². The molecule has 0 bridgehead atoms. The molecule has 1 unspecified atom stereocenters. The largest absolute Gasteiger partial charge is 0.468 e. The maximum absolute atomic E-state index is 9.09. The Morgan fingerprint density at radius 1 is 1.10 bits per heavy atom. The molecule has 1 atom stereocenters.